The molecule has 0 radical (unpaired) electrons. The SMILES string of the molecule is COC(=O)C(C)(C)CNCCC1CCCO1. The molecule has 1 rings (SSSR count). The van der Waals surface area contributed by atoms with Gasteiger partial charge in [-0.3, -0.25) is 4.79 Å². The molecule has 0 aromatic carbocycles. The summed E-state index contributed by atoms with van der Waals surface area (Å²) >= 11 is 0. The van der Waals surface area contributed by atoms with Crippen LogP contribution < -0.4 is 5.32 Å². The maximum atomic E-state index is 11.4. The molecular formula is C12H23NO3. The van der Waals surface area contributed by atoms with Gasteiger partial charge < -0.3 is 14.8 Å². The van der Waals surface area contributed by atoms with E-state index in [1.54, 1.807) is 0 Å². The van der Waals surface area contributed by atoms with Crippen LogP contribution in [0.5, 0.6) is 0 Å². The molecule has 1 saturated heterocycles. The molecule has 16 heavy (non-hydrogen) atoms. The molecule has 0 aromatic rings. The number of ether oxygens (including phenoxy) is 2. The molecule has 1 N–H and O–H groups in total. The number of hydrogen-bond acceptors (Lipinski definition) is 4. The van der Waals surface area contributed by atoms with Crippen LogP contribution in [0.4, 0.5) is 0 Å². The van der Waals surface area contributed by atoms with Gasteiger partial charge in [-0.2, -0.15) is 0 Å². The summed E-state index contributed by atoms with van der Waals surface area (Å²) in [5, 5.41) is 3.29. The van der Waals surface area contributed by atoms with Crippen molar-refractivity contribution in [2.75, 3.05) is 26.8 Å². The molecule has 0 bridgehead atoms. The van der Waals surface area contributed by atoms with E-state index in [9.17, 15) is 4.79 Å². The average Bonchev–Trinajstić information content (AvgIpc) is 2.76. The van der Waals surface area contributed by atoms with E-state index in [0.717, 1.165) is 19.6 Å². The summed E-state index contributed by atoms with van der Waals surface area (Å²) < 4.78 is 10.3. The Morgan fingerprint density at radius 2 is 2.31 bits per heavy atom. The third kappa shape index (κ3) is 4.10. The number of nitrogens with one attached hydrogen (secondary N) is 1. The lowest BCUT2D eigenvalue weighted by molar-refractivity contribution is -0.150. The Balaban J connectivity index is 2.11. The van der Waals surface area contributed by atoms with Gasteiger partial charge in [-0.15, -0.1) is 0 Å². The molecule has 1 fully saturated rings. The predicted molar refractivity (Wildman–Crippen MR) is 62.3 cm³/mol. The van der Waals surface area contributed by atoms with Crippen LogP contribution in [-0.2, 0) is 14.3 Å². The van der Waals surface area contributed by atoms with E-state index >= 15 is 0 Å². The van der Waals surface area contributed by atoms with Gasteiger partial charge in [0.05, 0.1) is 18.6 Å². The minimum absolute atomic E-state index is 0.169. The first-order valence-corrected chi connectivity index (χ1v) is 5.97. The molecule has 1 aliphatic rings. The maximum Gasteiger partial charge on any atom is 0.312 e. The zero-order valence-electron chi connectivity index (χ0n) is 10.5. The summed E-state index contributed by atoms with van der Waals surface area (Å²) in [7, 11) is 1.43. The lowest BCUT2D eigenvalue weighted by Gasteiger charge is -2.22. The number of rotatable bonds is 6. The highest BCUT2D eigenvalue weighted by Crippen LogP contribution is 2.16. The first kappa shape index (κ1) is 13.5. The molecule has 94 valence electrons. The maximum absolute atomic E-state index is 11.4. The topological polar surface area (TPSA) is 47.6 Å². The summed E-state index contributed by atoms with van der Waals surface area (Å²) in [4.78, 5) is 11.4. The molecule has 1 atom stereocenters. The van der Waals surface area contributed by atoms with Crippen LogP contribution in [0.1, 0.15) is 33.1 Å². The summed E-state index contributed by atoms with van der Waals surface area (Å²) in [5.74, 6) is -0.169. The van der Waals surface area contributed by atoms with Crippen LogP contribution in [-0.4, -0.2) is 38.9 Å². The van der Waals surface area contributed by atoms with Crippen LogP contribution in [0.25, 0.3) is 0 Å². The lowest BCUT2D eigenvalue weighted by atomic mass is 9.94. The van der Waals surface area contributed by atoms with Gasteiger partial charge in [0.2, 0.25) is 0 Å². The highest BCUT2D eigenvalue weighted by Gasteiger charge is 2.28. The molecule has 0 amide bonds. The summed E-state index contributed by atoms with van der Waals surface area (Å²) in [6.45, 7) is 6.21. The van der Waals surface area contributed by atoms with Gasteiger partial charge in [0.15, 0.2) is 0 Å². The van der Waals surface area contributed by atoms with E-state index in [0.29, 0.717) is 12.6 Å². The fourth-order valence-corrected chi connectivity index (χ4v) is 1.88. The zero-order chi connectivity index (χ0) is 12.0. The monoisotopic (exact) mass is 229 g/mol. The molecule has 0 saturated carbocycles. The smallest absolute Gasteiger partial charge is 0.312 e. The highest BCUT2D eigenvalue weighted by molar-refractivity contribution is 5.76. The second kappa shape index (κ2) is 6.21. The molecule has 0 spiro atoms. The van der Waals surface area contributed by atoms with Gasteiger partial charge in [-0.25, -0.2) is 0 Å². The van der Waals surface area contributed by atoms with Crippen molar-refractivity contribution in [1.82, 2.24) is 5.32 Å². The third-order valence-corrected chi connectivity index (χ3v) is 2.97. The van der Waals surface area contributed by atoms with E-state index in [1.165, 1.54) is 20.0 Å². The van der Waals surface area contributed by atoms with Crippen LogP contribution in [0, 0.1) is 5.41 Å². The quantitative estimate of drug-likeness (QED) is 0.551. The second-order valence-electron chi connectivity index (χ2n) is 4.98. The average molecular weight is 229 g/mol. The fraction of sp³-hybridized carbons (Fsp3) is 0.917. The number of carbonyl (C=O) groups is 1. The molecule has 0 aromatic heterocycles. The van der Waals surface area contributed by atoms with E-state index in [-0.39, 0.29) is 5.97 Å². The van der Waals surface area contributed by atoms with Gasteiger partial charge in [0, 0.05) is 13.2 Å². The lowest BCUT2D eigenvalue weighted by Crippen LogP contribution is -2.37. The van der Waals surface area contributed by atoms with Crippen molar-refractivity contribution in [3.05, 3.63) is 0 Å². The van der Waals surface area contributed by atoms with Gasteiger partial charge >= 0.3 is 5.97 Å². The Labute approximate surface area is 97.7 Å². The number of methoxy groups -OCH3 is 1. The Morgan fingerprint density at radius 3 is 2.88 bits per heavy atom. The van der Waals surface area contributed by atoms with Crippen LogP contribution in [0.15, 0.2) is 0 Å². The van der Waals surface area contributed by atoms with Crippen molar-refractivity contribution in [3.63, 3.8) is 0 Å². The van der Waals surface area contributed by atoms with Crippen LogP contribution >= 0.6 is 0 Å². The van der Waals surface area contributed by atoms with Gasteiger partial charge in [0.25, 0.3) is 0 Å². The second-order valence-corrected chi connectivity index (χ2v) is 4.98. The zero-order valence-corrected chi connectivity index (χ0v) is 10.5. The van der Waals surface area contributed by atoms with E-state index in [4.69, 9.17) is 9.47 Å². The van der Waals surface area contributed by atoms with Gasteiger partial charge in [-0.1, -0.05) is 0 Å². The largest absolute Gasteiger partial charge is 0.469 e. The Bertz CT molecular complexity index is 222. The molecule has 1 heterocycles. The molecule has 1 aliphatic heterocycles. The Hall–Kier alpha value is -0.610. The van der Waals surface area contributed by atoms with Crippen molar-refractivity contribution in [1.29, 1.82) is 0 Å². The summed E-state index contributed by atoms with van der Waals surface area (Å²) in [5.41, 5.74) is -0.453. The number of esters is 1. The predicted octanol–water partition coefficient (Wildman–Crippen LogP) is 1.34. The summed E-state index contributed by atoms with van der Waals surface area (Å²) in [6, 6.07) is 0. The van der Waals surface area contributed by atoms with Crippen molar-refractivity contribution < 1.29 is 14.3 Å². The van der Waals surface area contributed by atoms with E-state index in [2.05, 4.69) is 5.32 Å². The fourth-order valence-electron chi connectivity index (χ4n) is 1.88. The molecule has 0 aliphatic carbocycles. The molecular weight excluding hydrogens is 206 g/mol. The van der Waals surface area contributed by atoms with Crippen molar-refractivity contribution >= 4 is 5.97 Å². The van der Waals surface area contributed by atoms with Gasteiger partial charge in [-0.05, 0) is 39.7 Å². The van der Waals surface area contributed by atoms with Crippen molar-refractivity contribution in [2.24, 2.45) is 5.41 Å². The molecule has 4 nitrogen and oxygen atoms in total. The standard InChI is InChI=1S/C12H23NO3/c1-12(2,11(14)15-3)9-13-7-6-10-5-4-8-16-10/h10,13H,4-9H2,1-3H3. The minimum Gasteiger partial charge on any atom is -0.469 e. The number of carbonyl (C=O) groups excluding carboxylic acids is 1. The minimum atomic E-state index is -0.453. The van der Waals surface area contributed by atoms with E-state index in [1.807, 2.05) is 13.8 Å². The Morgan fingerprint density at radius 1 is 1.56 bits per heavy atom. The van der Waals surface area contributed by atoms with E-state index < -0.39 is 5.41 Å². The molecule has 1 unspecified atom stereocenters. The summed E-state index contributed by atoms with van der Waals surface area (Å²) in [6.07, 6.45) is 3.78. The van der Waals surface area contributed by atoms with Gasteiger partial charge in [0.1, 0.15) is 0 Å². The van der Waals surface area contributed by atoms with Crippen molar-refractivity contribution in [3.8, 4) is 0 Å². The first-order valence-electron chi connectivity index (χ1n) is 5.97. The van der Waals surface area contributed by atoms with Crippen molar-refractivity contribution in [2.45, 2.75) is 39.2 Å². The number of hydrogen-bond donors (Lipinski definition) is 1. The van der Waals surface area contributed by atoms with Crippen LogP contribution in [0.3, 0.4) is 0 Å². The normalized spacial score (nSPS) is 21.1. The third-order valence-electron chi connectivity index (χ3n) is 2.97. The first-order chi connectivity index (χ1) is 7.56. The Kier molecular flexibility index (Phi) is 5.22. The van der Waals surface area contributed by atoms with Crippen LogP contribution in [0.2, 0.25) is 0 Å². The molecule has 4 heteroatoms. The highest BCUT2D eigenvalue weighted by atomic mass is 16.5.